The van der Waals surface area contributed by atoms with Gasteiger partial charge in [0, 0.05) is 70.0 Å². The Hall–Kier alpha value is -1.99. The summed E-state index contributed by atoms with van der Waals surface area (Å²) in [5.74, 6) is 0.814. The van der Waals surface area contributed by atoms with Crippen LogP contribution < -0.4 is 10.6 Å². The molecule has 1 fully saturated rings. The second-order valence-corrected chi connectivity index (χ2v) is 5.39. The molecule has 0 bridgehead atoms. The Labute approximate surface area is 124 Å². The predicted octanol–water partition coefficient (Wildman–Crippen LogP) is 0.0321. The van der Waals surface area contributed by atoms with Crippen LogP contribution in [0.1, 0.15) is 11.6 Å². The molecule has 3 rings (SSSR count). The Kier molecular flexibility index (Phi) is 4.12. The molecule has 7 heteroatoms. The van der Waals surface area contributed by atoms with Gasteiger partial charge in [-0.1, -0.05) is 0 Å². The summed E-state index contributed by atoms with van der Waals surface area (Å²) in [4.78, 5) is 13.2. The molecule has 0 radical (unpaired) electrons. The lowest BCUT2D eigenvalue weighted by atomic mass is 10.1. The van der Waals surface area contributed by atoms with Gasteiger partial charge in [0.25, 0.3) is 0 Å². The summed E-state index contributed by atoms with van der Waals surface area (Å²) in [6, 6.07) is 1.85. The first kappa shape index (κ1) is 14.0. The van der Waals surface area contributed by atoms with Crippen molar-refractivity contribution in [3.63, 3.8) is 0 Å². The van der Waals surface area contributed by atoms with Gasteiger partial charge in [0.1, 0.15) is 0 Å². The van der Waals surface area contributed by atoms with Crippen LogP contribution in [0.25, 0.3) is 0 Å². The average Bonchev–Trinajstić information content (AvgIpc) is 2.96. The quantitative estimate of drug-likeness (QED) is 0.855. The molecule has 1 aliphatic heterocycles. The van der Waals surface area contributed by atoms with Gasteiger partial charge in [-0.15, -0.1) is 0 Å². The molecule has 0 spiro atoms. The lowest BCUT2D eigenvalue weighted by molar-refractivity contribution is 0.242. The Morgan fingerprint density at radius 2 is 1.90 bits per heavy atom. The minimum absolute atomic E-state index is 0.0122. The maximum absolute atomic E-state index is 6.25. The molecule has 7 nitrogen and oxygen atoms in total. The van der Waals surface area contributed by atoms with Gasteiger partial charge in [-0.3, -0.25) is 9.58 Å². The van der Waals surface area contributed by atoms with E-state index in [4.69, 9.17) is 5.73 Å². The van der Waals surface area contributed by atoms with Crippen molar-refractivity contribution in [2.75, 3.05) is 37.6 Å². The van der Waals surface area contributed by atoms with E-state index in [2.05, 4.69) is 24.9 Å². The first-order valence-electron chi connectivity index (χ1n) is 7.21. The third-order valence-electron chi connectivity index (χ3n) is 3.82. The van der Waals surface area contributed by atoms with Crippen LogP contribution in [0, 0.1) is 0 Å². The topological polar surface area (TPSA) is 76.1 Å². The molecule has 3 heterocycles. The molecule has 1 saturated heterocycles. The summed E-state index contributed by atoms with van der Waals surface area (Å²) >= 11 is 0. The number of nitrogens with two attached hydrogens (primary N) is 1. The van der Waals surface area contributed by atoms with Gasteiger partial charge >= 0.3 is 0 Å². The minimum atomic E-state index is 0.0122. The summed E-state index contributed by atoms with van der Waals surface area (Å²) in [6.45, 7) is 4.68. The summed E-state index contributed by atoms with van der Waals surface area (Å²) in [7, 11) is 1.91. The monoisotopic (exact) mass is 287 g/mol. The number of hydrogen-bond acceptors (Lipinski definition) is 6. The number of nitrogens with zero attached hydrogens (tertiary/aromatic N) is 6. The van der Waals surface area contributed by atoms with Crippen LogP contribution in [0.5, 0.6) is 0 Å². The van der Waals surface area contributed by atoms with Crippen LogP contribution in [0.3, 0.4) is 0 Å². The molecule has 2 aromatic rings. The molecule has 2 aromatic heterocycles. The third-order valence-corrected chi connectivity index (χ3v) is 3.82. The summed E-state index contributed by atoms with van der Waals surface area (Å²) in [5.41, 5.74) is 7.34. The third kappa shape index (κ3) is 3.37. The first-order valence-corrected chi connectivity index (χ1v) is 7.21. The van der Waals surface area contributed by atoms with Crippen LogP contribution in [0.4, 0.5) is 5.95 Å². The summed E-state index contributed by atoms with van der Waals surface area (Å²) < 4.78 is 1.79. The van der Waals surface area contributed by atoms with Crippen molar-refractivity contribution >= 4 is 5.95 Å². The van der Waals surface area contributed by atoms with Crippen molar-refractivity contribution in [3.8, 4) is 0 Å². The molecule has 1 unspecified atom stereocenters. The molecule has 21 heavy (non-hydrogen) atoms. The van der Waals surface area contributed by atoms with Crippen molar-refractivity contribution in [2.45, 2.75) is 6.04 Å². The molecular weight excluding hydrogens is 266 g/mol. The fourth-order valence-electron chi connectivity index (χ4n) is 2.60. The van der Waals surface area contributed by atoms with Gasteiger partial charge in [-0.05, 0) is 6.07 Å². The van der Waals surface area contributed by atoms with E-state index in [0.717, 1.165) is 44.2 Å². The van der Waals surface area contributed by atoms with E-state index >= 15 is 0 Å². The number of hydrogen-bond donors (Lipinski definition) is 1. The van der Waals surface area contributed by atoms with Gasteiger partial charge in [-0.2, -0.15) is 5.10 Å². The van der Waals surface area contributed by atoms with E-state index in [1.54, 1.807) is 17.1 Å². The summed E-state index contributed by atoms with van der Waals surface area (Å²) in [5, 5.41) is 4.18. The number of aromatic nitrogens is 4. The average molecular weight is 287 g/mol. The molecule has 1 atom stereocenters. The number of rotatable bonds is 4. The van der Waals surface area contributed by atoms with E-state index in [0.29, 0.717) is 0 Å². The van der Waals surface area contributed by atoms with E-state index < -0.39 is 0 Å². The number of piperazine rings is 1. The number of anilines is 1. The van der Waals surface area contributed by atoms with Crippen molar-refractivity contribution in [1.82, 2.24) is 24.6 Å². The first-order chi connectivity index (χ1) is 10.2. The zero-order valence-corrected chi connectivity index (χ0v) is 12.3. The van der Waals surface area contributed by atoms with Gasteiger partial charge in [0.15, 0.2) is 0 Å². The minimum Gasteiger partial charge on any atom is -0.338 e. The van der Waals surface area contributed by atoms with Crippen LogP contribution >= 0.6 is 0 Å². The van der Waals surface area contributed by atoms with E-state index in [1.807, 2.05) is 25.5 Å². The van der Waals surface area contributed by atoms with E-state index in [-0.39, 0.29) is 6.04 Å². The fraction of sp³-hybridized carbons (Fsp3) is 0.500. The molecule has 0 aliphatic carbocycles. The number of aryl methyl sites for hydroxylation is 1. The van der Waals surface area contributed by atoms with Crippen molar-refractivity contribution in [2.24, 2.45) is 12.8 Å². The molecule has 0 amide bonds. The molecule has 0 saturated carbocycles. The van der Waals surface area contributed by atoms with Gasteiger partial charge < -0.3 is 10.6 Å². The standard InChI is InChI=1S/C14H21N7/c1-19-10-12(9-18-19)13(15)11-20-5-7-21(8-6-20)14-16-3-2-4-17-14/h2-4,9-10,13H,5-8,11,15H2,1H3. The Bertz CT molecular complexity index is 560. The van der Waals surface area contributed by atoms with Crippen LogP contribution in [-0.2, 0) is 7.05 Å². The molecule has 0 aromatic carbocycles. The Balaban J connectivity index is 1.52. The van der Waals surface area contributed by atoms with Gasteiger partial charge in [0.05, 0.1) is 6.20 Å². The molecular formula is C14H21N7. The largest absolute Gasteiger partial charge is 0.338 e. The summed E-state index contributed by atoms with van der Waals surface area (Å²) in [6.07, 6.45) is 7.40. The highest BCUT2D eigenvalue weighted by atomic mass is 15.3. The molecule has 112 valence electrons. The lowest BCUT2D eigenvalue weighted by Crippen LogP contribution is -2.48. The van der Waals surface area contributed by atoms with Gasteiger partial charge in [0.2, 0.25) is 5.95 Å². The second kappa shape index (κ2) is 6.19. The zero-order valence-electron chi connectivity index (χ0n) is 12.3. The van der Waals surface area contributed by atoms with Crippen LogP contribution in [0.15, 0.2) is 30.9 Å². The highest BCUT2D eigenvalue weighted by Gasteiger charge is 2.21. The maximum atomic E-state index is 6.25. The maximum Gasteiger partial charge on any atom is 0.225 e. The van der Waals surface area contributed by atoms with Crippen LogP contribution in [0.2, 0.25) is 0 Å². The fourth-order valence-corrected chi connectivity index (χ4v) is 2.60. The Morgan fingerprint density at radius 1 is 1.19 bits per heavy atom. The van der Waals surface area contributed by atoms with Crippen molar-refractivity contribution in [3.05, 3.63) is 36.4 Å². The van der Waals surface area contributed by atoms with E-state index in [1.165, 1.54) is 0 Å². The SMILES string of the molecule is Cn1cc(C(N)CN2CCN(c3ncccn3)CC2)cn1. The van der Waals surface area contributed by atoms with E-state index in [9.17, 15) is 0 Å². The van der Waals surface area contributed by atoms with Crippen LogP contribution in [-0.4, -0.2) is 57.4 Å². The predicted molar refractivity (Wildman–Crippen MR) is 80.8 cm³/mol. The van der Waals surface area contributed by atoms with Crippen molar-refractivity contribution < 1.29 is 0 Å². The molecule has 1 aliphatic rings. The molecule has 2 N–H and O–H groups in total. The highest BCUT2D eigenvalue weighted by molar-refractivity contribution is 5.29. The smallest absolute Gasteiger partial charge is 0.225 e. The Morgan fingerprint density at radius 3 is 2.52 bits per heavy atom. The normalized spacial score (nSPS) is 17.9. The van der Waals surface area contributed by atoms with Gasteiger partial charge in [-0.25, -0.2) is 9.97 Å². The lowest BCUT2D eigenvalue weighted by Gasteiger charge is -2.35. The second-order valence-electron chi connectivity index (χ2n) is 5.39. The highest BCUT2D eigenvalue weighted by Crippen LogP contribution is 2.14. The zero-order chi connectivity index (χ0) is 14.7. The van der Waals surface area contributed by atoms with Crippen molar-refractivity contribution in [1.29, 1.82) is 0 Å².